The lowest BCUT2D eigenvalue weighted by molar-refractivity contribution is -0.145. The van der Waals surface area contributed by atoms with E-state index < -0.39 is 12.0 Å². The molecule has 10 heteroatoms. The van der Waals surface area contributed by atoms with Crippen molar-refractivity contribution < 1.29 is 14.3 Å². The van der Waals surface area contributed by atoms with Gasteiger partial charge in [-0.2, -0.15) is 0 Å². The van der Waals surface area contributed by atoms with Gasteiger partial charge >= 0.3 is 5.97 Å². The highest BCUT2D eigenvalue weighted by atomic mass is 32.1. The SMILES string of the molecule is COC(=O)[C@H](CCCCNC(=S)Nc1ccccc1C)NC(=O)CCc1nc2ccccc2c(=O)[nH]1. The van der Waals surface area contributed by atoms with Crippen molar-refractivity contribution >= 4 is 45.8 Å². The predicted molar refractivity (Wildman–Crippen MR) is 144 cm³/mol. The number of ether oxygens (including phenoxy) is 1. The topological polar surface area (TPSA) is 125 Å². The lowest BCUT2D eigenvalue weighted by atomic mass is 10.1. The number of rotatable bonds is 11. The molecular formula is C26H31N5O4S. The van der Waals surface area contributed by atoms with Gasteiger partial charge in [0.1, 0.15) is 11.9 Å². The first-order valence-corrected chi connectivity index (χ1v) is 12.2. The van der Waals surface area contributed by atoms with E-state index in [0.717, 1.165) is 17.7 Å². The Morgan fingerprint density at radius 1 is 1.11 bits per heavy atom. The Labute approximate surface area is 215 Å². The number of fused-ring (bicyclic) bond motifs is 1. The summed E-state index contributed by atoms with van der Waals surface area (Å²) in [6.07, 6.45) is 2.19. The molecule has 0 saturated heterocycles. The first-order valence-electron chi connectivity index (χ1n) is 11.8. The largest absolute Gasteiger partial charge is 0.467 e. The fraction of sp³-hybridized carbons (Fsp3) is 0.346. The summed E-state index contributed by atoms with van der Waals surface area (Å²) in [5, 5.41) is 10.1. The molecule has 36 heavy (non-hydrogen) atoms. The Hall–Kier alpha value is -3.79. The van der Waals surface area contributed by atoms with Crippen LogP contribution in [0.5, 0.6) is 0 Å². The second-order valence-electron chi connectivity index (χ2n) is 8.36. The lowest BCUT2D eigenvalue weighted by Crippen LogP contribution is -2.41. The van der Waals surface area contributed by atoms with Gasteiger partial charge < -0.3 is 25.7 Å². The van der Waals surface area contributed by atoms with Gasteiger partial charge in [0.05, 0.1) is 18.0 Å². The van der Waals surface area contributed by atoms with Crippen LogP contribution in [0.1, 0.15) is 37.1 Å². The minimum absolute atomic E-state index is 0.0785. The molecule has 1 heterocycles. The van der Waals surface area contributed by atoms with Crippen LogP contribution in [0.2, 0.25) is 0 Å². The van der Waals surface area contributed by atoms with E-state index in [1.807, 2.05) is 31.2 Å². The number of carbonyl (C=O) groups is 2. The van der Waals surface area contributed by atoms with Crippen LogP contribution in [0, 0.1) is 6.92 Å². The van der Waals surface area contributed by atoms with Crippen molar-refractivity contribution in [2.45, 2.75) is 45.1 Å². The molecular weight excluding hydrogens is 478 g/mol. The number of para-hydroxylation sites is 2. The molecule has 0 bridgehead atoms. The maximum atomic E-state index is 12.5. The van der Waals surface area contributed by atoms with E-state index in [-0.39, 0.29) is 24.3 Å². The number of anilines is 1. The molecule has 3 aromatic rings. The van der Waals surface area contributed by atoms with E-state index in [9.17, 15) is 14.4 Å². The van der Waals surface area contributed by atoms with E-state index in [1.54, 1.807) is 24.3 Å². The molecule has 0 radical (unpaired) electrons. The molecule has 0 spiro atoms. The minimum atomic E-state index is -0.747. The molecule has 0 aliphatic heterocycles. The van der Waals surface area contributed by atoms with Crippen LogP contribution >= 0.6 is 12.2 Å². The molecule has 1 amide bonds. The van der Waals surface area contributed by atoms with Gasteiger partial charge in [0.15, 0.2) is 5.11 Å². The van der Waals surface area contributed by atoms with Gasteiger partial charge in [-0.05, 0) is 62.2 Å². The molecule has 3 rings (SSSR count). The predicted octanol–water partition coefficient (Wildman–Crippen LogP) is 2.98. The number of amides is 1. The van der Waals surface area contributed by atoms with Gasteiger partial charge in [-0.3, -0.25) is 9.59 Å². The highest BCUT2D eigenvalue weighted by Crippen LogP contribution is 2.13. The number of thiocarbonyl (C=S) groups is 1. The number of methoxy groups -OCH3 is 1. The number of nitrogens with zero attached hydrogens (tertiary/aromatic N) is 1. The number of esters is 1. The third kappa shape index (κ3) is 7.88. The summed E-state index contributed by atoms with van der Waals surface area (Å²) in [4.78, 5) is 44.0. The molecule has 190 valence electrons. The monoisotopic (exact) mass is 509 g/mol. The third-order valence-corrected chi connectivity index (χ3v) is 5.92. The molecule has 2 aromatic carbocycles. The second-order valence-corrected chi connectivity index (χ2v) is 8.77. The van der Waals surface area contributed by atoms with Gasteiger partial charge in [0.25, 0.3) is 5.56 Å². The summed E-state index contributed by atoms with van der Waals surface area (Å²) in [6, 6.07) is 14.1. The zero-order valence-corrected chi connectivity index (χ0v) is 21.2. The van der Waals surface area contributed by atoms with Crippen molar-refractivity contribution in [2.24, 2.45) is 0 Å². The number of benzene rings is 2. The normalized spacial score (nSPS) is 11.5. The van der Waals surface area contributed by atoms with Gasteiger partial charge in [-0.25, -0.2) is 9.78 Å². The average molecular weight is 510 g/mol. The number of H-pyrrole nitrogens is 1. The summed E-state index contributed by atoms with van der Waals surface area (Å²) >= 11 is 5.34. The number of aromatic amines is 1. The van der Waals surface area contributed by atoms with Crippen LogP contribution in [-0.4, -0.2) is 46.7 Å². The molecule has 4 N–H and O–H groups in total. The minimum Gasteiger partial charge on any atom is -0.467 e. The number of hydrogen-bond donors (Lipinski definition) is 4. The van der Waals surface area contributed by atoms with E-state index in [4.69, 9.17) is 17.0 Å². The highest BCUT2D eigenvalue weighted by Gasteiger charge is 2.21. The van der Waals surface area contributed by atoms with Crippen molar-refractivity contribution in [1.82, 2.24) is 20.6 Å². The van der Waals surface area contributed by atoms with Crippen LogP contribution in [0.4, 0.5) is 5.69 Å². The molecule has 0 aliphatic rings. The standard InChI is InChI=1S/C26H31N5O4S/c1-17-9-3-5-11-19(17)30-26(36)27-16-8-7-13-21(25(34)35-2)29-23(32)15-14-22-28-20-12-6-4-10-18(20)24(33)31-22/h3-6,9-12,21H,7-8,13-16H2,1-2H3,(H,29,32)(H2,27,30,36)(H,28,31,33)/t21-/m0/s1. The lowest BCUT2D eigenvalue weighted by Gasteiger charge is -2.17. The van der Waals surface area contributed by atoms with Crippen molar-refractivity contribution in [3.8, 4) is 0 Å². The van der Waals surface area contributed by atoms with Gasteiger partial charge in [0, 0.05) is 25.1 Å². The summed E-state index contributed by atoms with van der Waals surface area (Å²) in [7, 11) is 1.29. The number of hydrogen-bond acceptors (Lipinski definition) is 6. The van der Waals surface area contributed by atoms with Crippen LogP contribution < -0.4 is 21.5 Å². The van der Waals surface area contributed by atoms with Crippen molar-refractivity contribution in [3.63, 3.8) is 0 Å². The Morgan fingerprint density at radius 2 is 1.86 bits per heavy atom. The zero-order valence-electron chi connectivity index (χ0n) is 20.4. The number of carbonyl (C=O) groups excluding carboxylic acids is 2. The Balaban J connectivity index is 1.42. The molecule has 1 atom stereocenters. The highest BCUT2D eigenvalue weighted by molar-refractivity contribution is 7.80. The maximum Gasteiger partial charge on any atom is 0.328 e. The molecule has 0 unspecified atom stereocenters. The van der Waals surface area contributed by atoms with Gasteiger partial charge in [-0.1, -0.05) is 30.3 Å². The Bertz CT molecular complexity index is 1280. The van der Waals surface area contributed by atoms with Crippen LogP contribution in [0.15, 0.2) is 53.3 Å². The smallest absolute Gasteiger partial charge is 0.328 e. The van der Waals surface area contributed by atoms with E-state index in [0.29, 0.717) is 41.2 Å². The van der Waals surface area contributed by atoms with E-state index in [2.05, 4.69) is 25.9 Å². The fourth-order valence-corrected chi connectivity index (χ4v) is 3.91. The Morgan fingerprint density at radius 3 is 2.64 bits per heavy atom. The number of aryl methyl sites for hydroxylation is 2. The maximum absolute atomic E-state index is 12.5. The van der Waals surface area contributed by atoms with E-state index >= 15 is 0 Å². The molecule has 9 nitrogen and oxygen atoms in total. The van der Waals surface area contributed by atoms with Gasteiger partial charge in [-0.15, -0.1) is 0 Å². The molecule has 0 saturated carbocycles. The van der Waals surface area contributed by atoms with E-state index in [1.165, 1.54) is 7.11 Å². The zero-order chi connectivity index (χ0) is 25.9. The summed E-state index contributed by atoms with van der Waals surface area (Å²) in [6.45, 7) is 2.63. The summed E-state index contributed by atoms with van der Waals surface area (Å²) in [5.41, 5.74) is 2.38. The molecule has 0 fully saturated rings. The number of unbranched alkanes of at least 4 members (excludes halogenated alkanes) is 1. The molecule has 0 aliphatic carbocycles. The van der Waals surface area contributed by atoms with Crippen molar-refractivity contribution in [1.29, 1.82) is 0 Å². The average Bonchev–Trinajstić information content (AvgIpc) is 2.87. The third-order valence-electron chi connectivity index (χ3n) is 5.67. The van der Waals surface area contributed by atoms with Crippen LogP contribution in [-0.2, 0) is 20.7 Å². The first kappa shape index (κ1) is 26.8. The number of aromatic nitrogens is 2. The Kier molecular flexibility index (Phi) is 9.93. The van der Waals surface area contributed by atoms with Crippen molar-refractivity contribution in [2.75, 3.05) is 19.0 Å². The quantitative estimate of drug-likeness (QED) is 0.177. The fourth-order valence-electron chi connectivity index (χ4n) is 3.70. The summed E-state index contributed by atoms with van der Waals surface area (Å²) in [5.74, 6) is -0.391. The summed E-state index contributed by atoms with van der Waals surface area (Å²) < 4.78 is 4.85. The van der Waals surface area contributed by atoms with Crippen molar-refractivity contribution in [3.05, 3.63) is 70.3 Å². The molecule has 1 aromatic heterocycles. The second kappa shape index (κ2) is 13.3. The van der Waals surface area contributed by atoms with Gasteiger partial charge in [0.2, 0.25) is 5.91 Å². The number of nitrogens with one attached hydrogen (secondary N) is 4. The van der Waals surface area contributed by atoms with Crippen LogP contribution in [0.3, 0.4) is 0 Å². The van der Waals surface area contributed by atoms with Crippen LogP contribution in [0.25, 0.3) is 10.9 Å². The first-order chi connectivity index (χ1) is 17.4.